The van der Waals surface area contributed by atoms with Crippen LogP contribution < -0.4 is 15.8 Å². The molecule has 1 heterocycles. The molecule has 2 N–H and O–H groups in total. The van der Waals surface area contributed by atoms with Crippen molar-refractivity contribution in [2.24, 2.45) is 0 Å². The van der Waals surface area contributed by atoms with Crippen LogP contribution in [0.15, 0.2) is 17.2 Å². The smallest absolute Gasteiger partial charge is 0.252 e. The zero-order valence-corrected chi connectivity index (χ0v) is 10.2. The molecule has 0 aliphatic heterocycles. The third-order valence-electron chi connectivity index (χ3n) is 2.30. The first kappa shape index (κ1) is 12.7. The van der Waals surface area contributed by atoms with Crippen LogP contribution in [0.4, 0.5) is 5.82 Å². The number of nitrogens with zero attached hydrogens (tertiary/aromatic N) is 2. The number of hydrogen-bond donors (Lipinski definition) is 2. The fourth-order valence-corrected chi connectivity index (χ4v) is 1.45. The second-order valence-electron chi connectivity index (χ2n) is 3.96. The minimum Gasteiger partial charge on any atom is -0.355 e. The number of likely N-dealkylation sites (N-methyl/N-ethyl adjacent to an activating group) is 1. The van der Waals surface area contributed by atoms with Crippen molar-refractivity contribution in [3.63, 3.8) is 0 Å². The lowest BCUT2D eigenvalue weighted by Crippen LogP contribution is -2.35. The van der Waals surface area contributed by atoms with Crippen molar-refractivity contribution in [1.82, 2.24) is 15.3 Å². The van der Waals surface area contributed by atoms with Crippen molar-refractivity contribution >= 4 is 5.82 Å². The van der Waals surface area contributed by atoms with E-state index in [2.05, 4.69) is 41.0 Å². The molecule has 90 valence electrons. The summed E-state index contributed by atoms with van der Waals surface area (Å²) in [5.41, 5.74) is -0.111. The second kappa shape index (κ2) is 6.27. The average Bonchev–Trinajstić information content (AvgIpc) is 2.24. The predicted octanol–water partition coefficient (Wildman–Crippen LogP) is 0.594. The number of nitrogens with one attached hydrogen (secondary N) is 2. The number of aromatic amines is 1. The minimum absolute atomic E-state index is 0.111. The number of H-pyrrole nitrogens is 1. The van der Waals surface area contributed by atoms with E-state index >= 15 is 0 Å². The Balaban J connectivity index is 2.57. The Morgan fingerprint density at radius 3 is 2.88 bits per heavy atom. The van der Waals surface area contributed by atoms with Crippen LogP contribution in [-0.4, -0.2) is 35.6 Å². The summed E-state index contributed by atoms with van der Waals surface area (Å²) < 4.78 is 0. The highest BCUT2D eigenvalue weighted by Crippen LogP contribution is 2.04. The first-order valence-electron chi connectivity index (χ1n) is 5.66. The summed E-state index contributed by atoms with van der Waals surface area (Å²) in [7, 11) is 0. The Labute approximate surface area is 95.9 Å². The lowest BCUT2D eigenvalue weighted by atomic mass is 10.4. The molecule has 0 unspecified atom stereocenters. The number of rotatable bonds is 6. The topological polar surface area (TPSA) is 61.0 Å². The van der Waals surface area contributed by atoms with E-state index in [0.717, 1.165) is 25.5 Å². The van der Waals surface area contributed by atoms with Crippen molar-refractivity contribution in [2.45, 2.75) is 26.8 Å². The van der Waals surface area contributed by atoms with E-state index in [-0.39, 0.29) is 5.56 Å². The van der Waals surface area contributed by atoms with Crippen molar-refractivity contribution < 1.29 is 0 Å². The maximum Gasteiger partial charge on any atom is 0.252 e. The molecule has 0 amide bonds. The molecule has 0 atom stereocenters. The lowest BCUT2D eigenvalue weighted by Gasteiger charge is -2.22. The van der Waals surface area contributed by atoms with Crippen molar-refractivity contribution in [3.05, 3.63) is 22.7 Å². The van der Waals surface area contributed by atoms with Crippen LogP contribution in [0.25, 0.3) is 0 Å². The third-order valence-corrected chi connectivity index (χ3v) is 2.30. The second-order valence-corrected chi connectivity index (χ2v) is 3.96. The Morgan fingerprint density at radius 2 is 2.31 bits per heavy atom. The Hall–Kier alpha value is -1.36. The molecule has 0 fully saturated rings. The van der Waals surface area contributed by atoms with Crippen molar-refractivity contribution in [2.75, 3.05) is 24.5 Å². The molecule has 0 bridgehead atoms. The van der Waals surface area contributed by atoms with Crippen LogP contribution >= 0.6 is 0 Å². The number of hydrogen-bond acceptors (Lipinski definition) is 4. The Morgan fingerprint density at radius 1 is 1.56 bits per heavy atom. The van der Waals surface area contributed by atoms with Gasteiger partial charge in [-0.2, -0.15) is 0 Å². The van der Waals surface area contributed by atoms with Crippen LogP contribution in [0, 0.1) is 0 Å². The summed E-state index contributed by atoms with van der Waals surface area (Å²) in [5, 5.41) is 3.34. The third kappa shape index (κ3) is 4.02. The SMILES string of the molecule is CCN(CCNC(C)C)c1cc(=O)[nH]cn1. The molecule has 0 aliphatic carbocycles. The van der Waals surface area contributed by atoms with Gasteiger partial charge in [0, 0.05) is 31.7 Å². The first-order valence-corrected chi connectivity index (χ1v) is 5.66. The molecule has 16 heavy (non-hydrogen) atoms. The van der Waals surface area contributed by atoms with Crippen molar-refractivity contribution in [1.29, 1.82) is 0 Å². The molecule has 0 spiro atoms. The standard InChI is InChI=1S/C11H20N4O/c1-4-15(6-5-12-9(2)3)10-7-11(16)14-8-13-10/h7-9,12H,4-6H2,1-3H3,(H,13,14,16). The monoisotopic (exact) mass is 224 g/mol. The highest BCUT2D eigenvalue weighted by molar-refractivity contribution is 5.35. The fraction of sp³-hybridized carbons (Fsp3) is 0.636. The van der Waals surface area contributed by atoms with Gasteiger partial charge in [0.25, 0.3) is 5.56 Å². The Kier molecular flexibility index (Phi) is 4.98. The lowest BCUT2D eigenvalue weighted by molar-refractivity contribution is 0.582. The fourth-order valence-electron chi connectivity index (χ4n) is 1.45. The zero-order valence-electron chi connectivity index (χ0n) is 10.2. The molecular weight excluding hydrogens is 204 g/mol. The van der Waals surface area contributed by atoms with Gasteiger partial charge in [0.2, 0.25) is 0 Å². The van der Waals surface area contributed by atoms with Crippen LogP contribution in [0.5, 0.6) is 0 Å². The van der Waals surface area contributed by atoms with E-state index in [1.54, 1.807) is 0 Å². The van der Waals surface area contributed by atoms with Gasteiger partial charge in [-0.1, -0.05) is 13.8 Å². The number of anilines is 1. The van der Waals surface area contributed by atoms with Crippen LogP contribution in [0.3, 0.4) is 0 Å². The van der Waals surface area contributed by atoms with Gasteiger partial charge in [0.05, 0.1) is 6.33 Å². The van der Waals surface area contributed by atoms with Gasteiger partial charge >= 0.3 is 0 Å². The van der Waals surface area contributed by atoms with E-state index < -0.39 is 0 Å². The molecule has 1 aromatic rings. The summed E-state index contributed by atoms with van der Waals surface area (Å²) in [5.74, 6) is 0.733. The van der Waals surface area contributed by atoms with Gasteiger partial charge in [-0.3, -0.25) is 4.79 Å². The Bertz CT molecular complexity index is 361. The van der Waals surface area contributed by atoms with E-state index in [0.29, 0.717) is 6.04 Å². The van der Waals surface area contributed by atoms with E-state index in [1.165, 1.54) is 12.4 Å². The molecule has 5 heteroatoms. The van der Waals surface area contributed by atoms with Gasteiger partial charge in [0.1, 0.15) is 5.82 Å². The highest BCUT2D eigenvalue weighted by Gasteiger charge is 2.05. The maximum atomic E-state index is 11.2. The predicted molar refractivity (Wildman–Crippen MR) is 65.9 cm³/mol. The summed E-state index contributed by atoms with van der Waals surface area (Å²) in [6.07, 6.45) is 1.44. The average molecular weight is 224 g/mol. The molecule has 1 rings (SSSR count). The van der Waals surface area contributed by atoms with Gasteiger partial charge in [0.15, 0.2) is 0 Å². The largest absolute Gasteiger partial charge is 0.355 e. The quantitative estimate of drug-likeness (QED) is 0.742. The van der Waals surface area contributed by atoms with Crippen LogP contribution in [0.1, 0.15) is 20.8 Å². The maximum absolute atomic E-state index is 11.2. The van der Waals surface area contributed by atoms with Gasteiger partial charge in [-0.05, 0) is 6.92 Å². The first-order chi connectivity index (χ1) is 7.63. The summed E-state index contributed by atoms with van der Waals surface area (Å²) in [4.78, 5) is 19.9. The zero-order chi connectivity index (χ0) is 12.0. The van der Waals surface area contributed by atoms with Crippen molar-refractivity contribution in [3.8, 4) is 0 Å². The van der Waals surface area contributed by atoms with E-state index in [9.17, 15) is 4.79 Å². The molecular formula is C11H20N4O. The van der Waals surface area contributed by atoms with Gasteiger partial charge < -0.3 is 15.2 Å². The van der Waals surface area contributed by atoms with Gasteiger partial charge in [-0.15, -0.1) is 0 Å². The molecule has 0 aromatic carbocycles. The molecule has 5 nitrogen and oxygen atoms in total. The van der Waals surface area contributed by atoms with Crippen LogP contribution in [0.2, 0.25) is 0 Å². The van der Waals surface area contributed by atoms with Crippen LogP contribution in [-0.2, 0) is 0 Å². The normalized spacial score (nSPS) is 10.8. The molecule has 0 aliphatic rings. The summed E-state index contributed by atoms with van der Waals surface area (Å²) in [6, 6.07) is 2.00. The molecule has 0 saturated carbocycles. The van der Waals surface area contributed by atoms with E-state index in [4.69, 9.17) is 0 Å². The number of aromatic nitrogens is 2. The molecule has 0 radical (unpaired) electrons. The highest BCUT2D eigenvalue weighted by atomic mass is 16.1. The van der Waals surface area contributed by atoms with E-state index in [1.807, 2.05) is 0 Å². The summed E-state index contributed by atoms with van der Waals surface area (Å²) in [6.45, 7) is 8.86. The summed E-state index contributed by atoms with van der Waals surface area (Å²) >= 11 is 0. The molecule has 0 saturated heterocycles. The minimum atomic E-state index is -0.111. The molecule has 1 aromatic heterocycles. The van der Waals surface area contributed by atoms with Gasteiger partial charge in [-0.25, -0.2) is 4.98 Å².